The Bertz CT molecular complexity index is 862. The Hall–Kier alpha value is -2.08. The topological polar surface area (TPSA) is 62.6 Å². The lowest BCUT2D eigenvalue weighted by molar-refractivity contribution is 0.0758. The molecule has 1 aliphatic carbocycles. The van der Waals surface area contributed by atoms with E-state index in [0.717, 1.165) is 23.3 Å². The molecule has 2 aromatic rings. The van der Waals surface area contributed by atoms with E-state index in [1.165, 1.54) is 4.88 Å². The zero-order valence-electron chi connectivity index (χ0n) is 16.2. The van der Waals surface area contributed by atoms with Crippen molar-refractivity contribution in [2.45, 2.75) is 52.6 Å². The van der Waals surface area contributed by atoms with Gasteiger partial charge >= 0.3 is 0 Å². The van der Waals surface area contributed by atoms with E-state index in [1.807, 2.05) is 17.9 Å². The van der Waals surface area contributed by atoms with Crippen LogP contribution in [-0.2, 0) is 6.42 Å². The van der Waals surface area contributed by atoms with Crippen LogP contribution < -0.4 is 5.32 Å². The number of carbonyl (C=O) groups is 2. The first kappa shape index (κ1) is 18.3. The summed E-state index contributed by atoms with van der Waals surface area (Å²) in [5, 5.41) is 3.13. The number of amides is 2. The molecule has 0 bridgehead atoms. The average molecular weight is 387 g/mol. The number of hydrogen-bond donors (Lipinski definition) is 1. The van der Waals surface area contributed by atoms with E-state index in [0.29, 0.717) is 29.7 Å². The summed E-state index contributed by atoms with van der Waals surface area (Å²) in [7, 11) is 0. The van der Waals surface area contributed by atoms with Crippen LogP contribution in [0.1, 0.15) is 56.5 Å². The van der Waals surface area contributed by atoms with Crippen LogP contribution in [0.4, 0.5) is 0 Å². The predicted molar refractivity (Wildman–Crippen MR) is 105 cm³/mol. The number of likely N-dealkylation sites (tertiary alicyclic amines) is 1. The first-order chi connectivity index (χ1) is 12.8. The van der Waals surface area contributed by atoms with Crippen LogP contribution in [-0.4, -0.2) is 35.3 Å². The maximum absolute atomic E-state index is 13.0. The molecule has 3 atom stereocenters. The molecule has 1 saturated carbocycles. The second kappa shape index (κ2) is 6.82. The summed E-state index contributed by atoms with van der Waals surface area (Å²) in [6.45, 7) is 8.65. The summed E-state index contributed by atoms with van der Waals surface area (Å²) in [5.41, 5.74) is 1.47. The normalized spacial score (nSPS) is 23.6. The summed E-state index contributed by atoms with van der Waals surface area (Å²) in [6.07, 6.45) is 3.59. The summed E-state index contributed by atoms with van der Waals surface area (Å²) in [6, 6.07) is 4.31. The number of nitrogens with one attached hydrogen (secondary N) is 1. The lowest BCUT2D eigenvalue weighted by Crippen LogP contribution is -2.42. The molecule has 5 nitrogen and oxygen atoms in total. The lowest BCUT2D eigenvalue weighted by Gasteiger charge is -2.21. The third-order valence-corrected chi connectivity index (χ3v) is 6.66. The Labute approximate surface area is 163 Å². The van der Waals surface area contributed by atoms with Crippen molar-refractivity contribution < 1.29 is 14.0 Å². The number of thiophene rings is 1. The SMILES string of the molecule is Cc1coc(C)c1C(=O)NC1CN(C(=O)c2ccc(CC(C)C)s2)C2CC12. The number of carbonyl (C=O) groups excluding carboxylic acids is 2. The van der Waals surface area contributed by atoms with E-state index in [4.69, 9.17) is 4.42 Å². The largest absolute Gasteiger partial charge is 0.469 e. The Balaban J connectivity index is 1.42. The fourth-order valence-corrected chi connectivity index (χ4v) is 5.33. The molecule has 3 unspecified atom stereocenters. The quantitative estimate of drug-likeness (QED) is 0.850. The van der Waals surface area contributed by atoms with E-state index < -0.39 is 0 Å². The van der Waals surface area contributed by atoms with Crippen LogP contribution in [0.2, 0.25) is 0 Å². The number of fused-ring (bicyclic) bond motifs is 1. The van der Waals surface area contributed by atoms with E-state index in [2.05, 4.69) is 25.2 Å². The molecule has 2 fully saturated rings. The number of nitrogens with zero attached hydrogens (tertiary/aromatic N) is 1. The molecule has 144 valence electrons. The first-order valence-corrected chi connectivity index (χ1v) is 10.4. The lowest BCUT2D eigenvalue weighted by atomic mass is 10.1. The summed E-state index contributed by atoms with van der Waals surface area (Å²) in [5.74, 6) is 1.61. The Morgan fingerprint density at radius 3 is 2.78 bits per heavy atom. The van der Waals surface area contributed by atoms with Gasteiger partial charge in [0, 0.05) is 28.9 Å². The molecule has 1 saturated heterocycles. The minimum Gasteiger partial charge on any atom is -0.469 e. The average Bonchev–Trinajstić information content (AvgIpc) is 2.92. The molecule has 0 radical (unpaired) electrons. The monoisotopic (exact) mass is 386 g/mol. The minimum absolute atomic E-state index is 0.0234. The van der Waals surface area contributed by atoms with E-state index >= 15 is 0 Å². The van der Waals surface area contributed by atoms with Crippen molar-refractivity contribution in [2.75, 3.05) is 6.54 Å². The molecule has 1 N–H and O–H groups in total. The molecule has 2 aliphatic rings. The number of rotatable bonds is 5. The van der Waals surface area contributed by atoms with Gasteiger partial charge in [-0.1, -0.05) is 13.8 Å². The van der Waals surface area contributed by atoms with Crippen LogP contribution in [0.5, 0.6) is 0 Å². The van der Waals surface area contributed by atoms with Gasteiger partial charge in [-0.15, -0.1) is 11.3 Å². The second-order valence-corrected chi connectivity index (χ2v) is 9.39. The van der Waals surface area contributed by atoms with Crippen molar-refractivity contribution in [3.05, 3.63) is 45.0 Å². The third kappa shape index (κ3) is 3.43. The van der Waals surface area contributed by atoms with Gasteiger partial charge in [-0.2, -0.15) is 0 Å². The molecule has 0 aromatic carbocycles. The molecule has 6 heteroatoms. The van der Waals surface area contributed by atoms with Crippen molar-refractivity contribution in [1.29, 1.82) is 0 Å². The van der Waals surface area contributed by atoms with E-state index in [9.17, 15) is 9.59 Å². The highest BCUT2D eigenvalue weighted by atomic mass is 32.1. The molecular formula is C21H26N2O3S. The molecule has 1 aliphatic heterocycles. The highest BCUT2D eigenvalue weighted by Crippen LogP contribution is 2.45. The van der Waals surface area contributed by atoms with Crippen LogP contribution in [0.15, 0.2) is 22.8 Å². The number of aryl methyl sites for hydroxylation is 2. The molecule has 27 heavy (non-hydrogen) atoms. The summed E-state index contributed by atoms with van der Waals surface area (Å²) in [4.78, 5) is 29.6. The smallest absolute Gasteiger partial charge is 0.264 e. The fourth-order valence-electron chi connectivity index (χ4n) is 4.16. The second-order valence-electron chi connectivity index (χ2n) is 8.22. The highest BCUT2D eigenvalue weighted by Gasteiger charge is 2.55. The maximum Gasteiger partial charge on any atom is 0.264 e. The molecule has 4 rings (SSSR count). The Kier molecular flexibility index (Phi) is 4.62. The van der Waals surface area contributed by atoms with Crippen LogP contribution >= 0.6 is 11.3 Å². The van der Waals surface area contributed by atoms with Gasteiger partial charge < -0.3 is 14.6 Å². The summed E-state index contributed by atoms with van der Waals surface area (Å²) < 4.78 is 5.34. The van der Waals surface area contributed by atoms with Crippen molar-refractivity contribution in [2.24, 2.45) is 11.8 Å². The zero-order valence-corrected chi connectivity index (χ0v) is 17.1. The minimum atomic E-state index is -0.0981. The maximum atomic E-state index is 13.0. The van der Waals surface area contributed by atoms with Crippen molar-refractivity contribution in [3.8, 4) is 0 Å². The van der Waals surface area contributed by atoms with E-state index in [1.54, 1.807) is 24.5 Å². The van der Waals surface area contributed by atoms with Crippen LogP contribution in [0.25, 0.3) is 0 Å². The standard InChI is InChI=1S/C21H26N2O3S/c1-11(2)7-14-5-6-18(27-14)21(25)23-9-16(15-8-17(15)23)22-20(24)19-12(3)10-26-13(19)4/h5-6,10-11,15-17H,7-9H2,1-4H3,(H,22,24). The fraction of sp³-hybridized carbons (Fsp3) is 0.524. The first-order valence-electron chi connectivity index (χ1n) is 9.60. The van der Waals surface area contributed by atoms with Gasteiger partial charge in [0.2, 0.25) is 0 Å². The molecule has 2 amide bonds. The van der Waals surface area contributed by atoms with Crippen molar-refractivity contribution in [1.82, 2.24) is 10.2 Å². The van der Waals surface area contributed by atoms with Crippen LogP contribution in [0, 0.1) is 25.7 Å². The van der Waals surface area contributed by atoms with Crippen molar-refractivity contribution >= 4 is 23.2 Å². The molecule has 0 spiro atoms. The van der Waals surface area contributed by atoms with Gasteiger partial charge in [0.05, 0.1) is 22.7 Å². The molecule has 3 heterocycles. The van der Waals surface area contributed by atoms with Gasteiger partial charge in [-0.05, 0) is 44.7 Å². The zero-order chi connectivity index (χ0) is 19.3. The molecule has 2 aromatic heterocycles. The third-order valence-electron chi connectivity index (χ3n) is 5.56. The molecular weight excluding hydrogens is 360 g/mol. The van der Waals surface area contributed by atoms with Gasteiger partial charge in [-0.25, -0.2) is 0 Å². The van der Waals surface area contributed by atoms with Gasteiger partial charge in [0.15, 0.2) is 0 Å². The Morgan fingerprint density at radius 2 is 2.11 bits per heavy atom. The van der Waals surface area contributed by atoms with Gasteiger partial charge in [-0.3, -0.25) is 9.59 Å². The van der Waals surface area contributed by atoms with Crippen molar-refractivity contribution in [3.63, 3.8) is 0 Å². The van der Waals surface area contributed by atoms with Gasteiger partial charge in [0.25, 0.3) is 11.8 Å². The number of piperidine rings is 1. The predicted octanol–water partition coefficient (Wildman–Crippen LogP) is 3.80. The Morgan fingerprint density at radius 1 is 1.33 bits per heavy atom. The van der Waals surface area contributed by atoms with Gasteiger partial charge in [0.1, 0.15) is 5.76 Å². The highest BCUT2D eigenvalue weighted by molar-refractivity contribution is 7.14. The van der Waals surface area contributed by atoms with E-state index in [-0.39, 0.29) is 23.9 Å². The number of hydrogen-bond acceptors (Lipinski definition) is 4. The van der Waals surface area contributed by atoms with Crippen LogP contribution in [0.3, 0.4) is 0 Å². The summed E-state index contributed by atoms with van der Waals surface area (Å²) >= 11 is 1.60. The number of furan rings is 1.